The first-order chi connectivity index (χ1) is 12.0. The van der Waals surface area contributed by atoms with Gasteiger partial charge >= 0.3 is 0 Å². The number of piperazine rings is 1. The van der Waals surface area contributed by atoms with Gasteiger partial charge in [0.2, 0.25) is 0 Å². The molecule has 0 spiro atoms. The van der Waals surface area contributed by atoms with Crippen LogP contribution in [0.2, 0.25) is 10.0 Å². The van der Waals surface area contributed by atoms with E-state index in [1.54, 1.807) is 18.2 Å². The van der Waals surface area contributed by atoms with Gasteiger partial charge < -0.3 is 19.9 Å². The van der Waals surface area contributed by atoms with E-state index in [-0.39, 0.29) is 17.9 Å². The molecule has 2 amide bonds. The van der Waals surface area contributed by atoms with Crippen molar-refractivity contribution < 1.29 is 19.2 Å². The van der Waals surface area contributed by atoms with Gasteiger partial charge in [-0.05, 0) is 31.0 Å². The van der Waals surface area contributed by atoms with Gasteiger partial charge in [-0.25, -0.2) is 0 Å². The Morgan fingerprint density at radius 3 is 2.48 bits per heavy atom. The Bertz CT molecular complexity index is 622. The molecule has 3 rings (SSSR count). The van der Waals surface area contributed by atoms with E-state index in [0.717, 1.165) is 30.8 Å². The van der Waals surface area contributed by atoms with Gasteiger partial charge in [0.25, 0.3) is 11.8 Å². The van der Waals surface area contributed by atoms with E-state index in [2.05, 4.69) is 5.32 Å². The third-order valence-corrected chi connectivity index (χ3v) is 4.98. The number of nitrogens with one attached hydrogen (secondary N) is 2. The summed E-state index contributed by atoms with van der Waals surface area (Å²) in [5.74, 6) is 0.00167. The van der Waals surface area contributed by atoms with Crippen LogP contribution in [0.25, 0.3) is 0 Å². The van der Waals surface area contributed by atoms with E-state index in [0.29, 0.717) is 42.0 Å². The highest BCUT2D eigenvalue weighted by molar-refractivity contribution is 6.35. The molecule has 0 bridgehead atoms. The van der Waals surface area contributed by atoms with Gasteiger partial charge in [0.05, 0.1) is 26.2 Å². The number of carbonyl (C=O) groups excluding carboxylic acids is 2. The Kier molecular flexibility index (Phi) is 6.17. The molecule has 2 heterocycles. The van der Waals surface area contributed by atoms with Crippen molar-refractivity contribution in [2.24, 2.45) is 0 Å². The van der Waals surface area contributed by atoms with Crippen LogP contribution in [0, 0.1) is 0 Å². The summed E-state index contributed by atoms with van der Waals surface area (Å²) in [6, 6.07) is 4.95. The lowest BCUT2D eigenvalue weighted by Gasteiger charge is -2.33. The van der Waals surface area contributed by atoms with Gasteiger partial charge in [-0.15, -0.1) is 0 Å². The van der Waals surface area contributed by atoms with Crippen LogP contribution in [0.5, 0.6) is 0 Å². The number of ether oxygens (including phenoxy) is 1. The SMILES string of the molecule is O=C(C[NH+]1CCN(C(=O)[C@H]2CCCO2)CC1)Nc1cc(Cl)cc(Cl)c1. The van der Waals surface area contributed by atoms with Crippen molar-refractivity contribution in [1.29, 1.82) is 0 Å². The monoisotopic (exact) mass is 386 g/mol. The van der Waals surface area contributed by atoms with E-state index in [4.69, 9.17) is 27.9 Å². The maximum atomic E-state index is 12.3. The molecule has 1 aromatic rings. The second kappa shape index (κ2) is 8.36. The van der Waals surface area contributed by atoms with Crippen molar-refractivity contribution in [3.8, 4) is 0 Å². The first kappa shape index (κ1) is 18.5. The zero-order valence-electron chi connectivity index (χ0n) is 13.9. The summed E-state index contributed by atoms with van der Waals surface area (Å²) in [5, 5.41) is 3.79. The molecule has 2 aliphatic rings. The number of halogens is 2. The molecule has 2 aliphatic heterocycles. The van der Waals surface area contributed by atoms with Crippen LogP contribution >= 0.6 is 23.2 Å². The van der Waals surface area contributed by atoms with Crippen LogP contribution in [0.15, 0.2) is 18.2 Å². The lowest BCUT2D eigenvalue weighted by atomic mass is 10.2. The molecule has 8 heteroatoms. The van der Waals surface area contributed by atoms with E-state index < -0.39 is 0 Å². The molecule has 2 N–H and O–H groups in total. The molecule has 0 saturated carbocycles. The van der Waals surface area contributed by atoms with Crippen molar-refractivity contribution in [2.75, 3.05) is 44.6 Å². The lowest BCUT2D eigenvalue weighted by molar-refractivity contribution is -0.895. The van der Waals surface area contributed by atoms with Crippen molar-refractivity contribution in [3.05, 3.63) is 28.2 Å². The van der Waals surface area contributed by atoms with Crippen molar-refractivity contribution in [3.63, 3.8) is 0 Å². The molecule has 2 saturated heterocycles. The minimum atomic E-state index is -0.266. The minimum Gasteiger partial charge on any atom is -0.368 e. The number of anilines is 1. The molecule has 25 heavy (non-hydrogen) atoms. The predicted molar refractivity (Wildman–Crippen MR) is 96.2 cm³/mol. The molecule has 0 aliphatic carbocycles. The smallest absolute Gasteiger partial charge is 0.279 e. The minimum absolute atomic E-state index is 0.0905. The Morgan fingerprint density at radius 2 is 1.88 bits per heavy atom. The standard InChI is InChI=1S/C17H21Cl2N3O3/c18-12-8-13(19)10-14(9-12)20-16(23)11-21-3-5-22(6-4-21)17(24)15-2-1-7-25-15/h8-10,15H,1-7,11H2,(H,20,23)/p+1/t15-/m1/s1. The number of benzene rings is 1. The second-order valence-corrected chi connectivity index (χ2v) is 7.33. The Labute approximate surface area is 157 Å². The summed E-state index contributed by atoms with van der Waals surface area (Å²) in [5.41, 5.74) is 0.592. The average Bonchev–Trinajstić information content (AvgIpc) is 3.08. The highest BCUT2D eigenvalue weighted by atomic mass is 35.5. The van der Waals surface area contributed by atoms with Gasteiger partial charge in [0.15, 0.2) is 6.54 Å². The third-order valence-electron chi connectivity index (χ3n) is 4.54. The highest BCUT2D eigenvalue weighted by Gasteiger charge is 2.31. The van der Waals surface area contributed by atoms with Crippen LogP contribution in [-0.4, -0.2) is 62.1 Å². The molecule has 1 atom stereocenters. The van der Waals surface area contributed by atoms with Gasteiger partial charge in [-0.2, -0.15) is 0 Å². The summed E-state index contributed by atoms with van der Waals surface area (Å²) in [7, 11) is 0. The van der Waals surface area contributed by atoms with E-state index in [1.807, 2.05) is 4.90 Å². The predicted octanol–water partition coefficient (Wildman–Crippen LogP) is 0.838. The summed E-state index contributed by atoms with van der Waals surface area (Å²) in [4.78, 5) is 27.5. The van der Waals surface area contributed by atoms with Crippen molar-refractivity contribution in [2.45, 2.75) is 18.9 Å². The Balaban J connectivity index is 1.45. The van der Waals surface area contributed by atoms with Gasteiger partial charge in [0, 0.05) is 22.3 Å². The van der Waals surface area contributed by atoms with E-state index in [9.17, 15) is 9.59 Å². The fourth-order valence-electron chi connectivity index (χ4n) is 3.25. The fourth-order valence-corrected chi connectivity index (χ4v) is 3.78. The average molecular weight is 387 g/mol. The van der Waals surface area contributed by atoms with Gasteiger partial charge in [0.1, 0.15) is 6.10 Å². The summed E-state index contributed by atoms with van der Waals surface area (Å²) in [6.07, 6.45) is 1.50. The van der Waals surface area contributed by atoms with Crippen molar-refractivity contribution >= 4 is 40.7 Å². The molecule has 0 unspecified atom stereocenters. The number of carbonyl (C=O) groups is 2. The number of rotatable bonds is 4. The maximum absolute atomic E-state index is 12.3. The zero-order chi connectivity index (χ0) is 17.8. The van der Waals surface area contributed by atoms with Crippen LogP contribution in [0.1, 0.15) is 12.8 Å². The molecule has 1 aromatic carbocycles. The Morgan fingerprint density at radius 1 is 1.20 bits per heavy atom. The molecule has 2 fully saturated rings. The number of quaternary nitrogens is 1. The van der Waals surface area contributed by atoms with Crippen LogP contribution in [0.3, 0.4) is 0 Å². The normalized spacial score (nSPS) is 21.4. The summed E-state index contributed by atoms with van der Waals surface area (Å²) < 4.78 is 5.46. The van der Waals surface area contributed by atoms with Gasteiger partial charge in [-0.1, -0.05) is 23.2 Å². The molecular weight excluding hydrogens is 365 g/mol. The maximum Gasteiger partial charge on any atom is 0.279 e. The van der Waals surface area contributed by atoms with Gasteiger partial charge in [-0.3, -0.25) is 9.59 Å². The molecule has 136 valence electrons. The van der Waals surface area contributed by atoms with Crippen molar-refractivity contribution in [1.82, 2.24) is 4.90 Å². The van der Waals surface area contributed by atoms with E-state index in [1.165, 1.54) is 0 Å². The zero-order valence-corrected chi connectivity index (χ0v) is 15.4. The summed E-state index contributed by atoms with van der Waals surface area (Å²) >= 11 is 11.9. The number of amides is 2. The van der Waals surface area contributed by atoms with Crippen LogP contribution < -0.4 is 10.2 Å². The largest absolute Gasteiger partial charge is 0.368 e. The second-order valence-electron chi connectivity index (χ2n) is 6.46. The number of hydrogen-bond donors (Lipinski definition) is 2. The molecule has 0 aromatic heterocycles. The molecule has 0 radical (unpaired) electrons. The van der Waals surface area contributed by atoms with Crippen LogP contribution in [0.4, 0.5) is 5.69 Å². The highest BCUT2D eigenvalue weighted by Crippen LogP contribution is 2.22. The van der Waals surface area contributed by atoms with E-state index >= 15 is 0 Å². The number of hydrogen-bond acceptors (Lipinski definition) is 3. The lowest BCUT2D eigenvalue weighted by Crippen LogP contribution is -3.15. The van der Waals surface area contributed by atoms with Crippen LogP contribution in [-0.2, 0) is 14.3 Å². The third kappa shape index (κ3) is 5.07. The molecular formula is C17H22Cl2N3O3+. The quantitative estimate of drug-likeness (QED) is 0.805. The first-order valence-electron chi connectivity index (χ1n) is 8.51. The summed E-state index contributed by atoms with van der Waals surface area (Å²) in [6.45, 7) is 3.85. The Hall–Kier alpha value is -1.34. The number of nitrogens with zero attached hydrogens (tertiary/aromatic N) is 1. The first-order valence-corrected chi connectivity index (χ1v) is 9.27. The fraction of sp³-hybridized carbons (Fsp3) is 0.529. The topological polar surface area (TPSA) is 63.1 Å². The molecule has 6 nitrogen and oxygen atoms in total.